The molecule has 0 saturated carbocycles. The molecule has 0 atom stereocenters. The van der Waals surface area contributed by atoms with Crippen LogP contribution in [0.5, 0.6) is 0 Å². The molecule has 80 valence electrons. The molecule has 0 rings (SSSR count). The maximum absolute atomic E-state index is 9.00. The Hall–Kier alpha value is -0.560. The van der Waals surface area contributed by atoms with Gasteiger partial charge in [-0.25, -0.2) is 0 Å². The van der Waals surface area contributed by atoms with Crippen LogP contribution in [0.25, 0.3) is 0 Å². The van der Waals surface area contributed by atoms with Gasteiger partial charge in [-0.15, -0.1) is 24.8 Å². The molecule has 8 heteroatoms. The van der Waals surface area contributed by atoms with E-state index in [0.29, 0.717) is 0 Å². The number of hydrogen-bond acceptors (Lipinski definition) is 4. The Bertz CT molecular complexity index is 81.1. The van der Waals surface area contributed by atoms with Crippen LogP contribution in [0, 0.1) is 0 Å². The van der Waals surface area contributed by atoms with E-state index in [1.54, 1.807) is 0 Å². The summed E-state index contributed by atoms with van der Waals surface area (Å²) in [6, 6.07) is 0. The lowest BCUT2D eigenvalue weighted by molar-refractivity contribution is -0.135. The van der Waals surface area contributed by atoms with E-state index in [2.05, 4.69) is 0 Å². The molecule has 0 fully saturated rings. The van der Waals surface area contributed by atoms with Crippen LogP contribution in [0.4, 0.5) is 0 Å². The van der Waals surface area contributed by atoms with Gasteiger partial charge in [0.2, 0.25) is 0 Å². The van der Waals surface area contributed by atoms with Gasteiger partial charge < -0.3 is 22.5 Å². The van der Waals surface area contributed by atoms with Crippen molar-refractivity contribution >= 4 is 36.8 Å². The standard InChI is InChI=1S/2C2H4O2.2ClH.2H3N/c2*1-2(3)4;;;;/h2*1H3,(H,3,4);2*1H;2*1H3. The highest BCUT2D eigenvalue weighted by Crippen LogP contribution is 1.42. The number of carboxylic acids is 2. The topological polar surface area (TPSA) is 145 Å². The van der Waals surface area contributed by atoms with E-state index in [1.165, 1.54) is 0 Å². The van der Waals surface area contributed by atoms with Gasteiger partial charge in [-0.1, -0.05) is 0 Å². The van der Waals surface area contributed by atoms with Crippen LogP contribution < -0.4 is 12.3 Å². The van der Waals surface area contributed by atoms with E-state index < -0.39 is 11.9 Å². The predicted molar refractivity (Wildman–Crippen MR) is 51.2 cm³/mol. The van der Waals surface area contributed by atoms with E-state index in [9.17, 15) is 0 Å². The van der Waals surface area contributed by atoms with Gasteiger partial charge in [0.25, 0.3) is 11.9 Å². The van der Waals surface area contributed by atoms with Crippen molar-refractivity contribution in [1.82, 2.24) is 12.3 Å². The second-order valence-corrected chi connectivity index (χ2v) is 1.04. The number of rotatable bonds is 0. The molecule has 0 aliphatic carbocycles. The fraction of sp³-hybridized carbons (Fsp3) is 0.500. The quantitative estimate of drug-likeness (QED) is 0.491. The number of hydrogen-bond donors (Lipinski definition) is 4. The van der Waals surface area contributed by atoms with Crippen LogP contribution in [-0.2, 0) is 9.59 Å². The van der Waals surface area contributed by atoms with E-state index in [0.717, 1.165) is 13.8 Å². The molecule has 0 aromatic carbocycles. The molecule has 0 spiro atoms. The SMILES string of the molecule is CC(=O)O.CC(=O)O.Cl.Cl.N.N. The molecule has 0 amide bonds. The zero-order valence-corrected chi connectivity index (χ0v) is 8.57. The lowest BCUT2D eigenvalue weighted by atomic mass is 10.9. The Balaban J connectivity index is -0.0000000112. The Morgan fingerprint density at radius 2 is 0.833 bits per heavy atom. The van der Waals surface area contributed by atoms with Gasteiger partial charge >= 0.3 is 0 Å². The van der Waals surface area contributed by atoms with Gasteiger partial charge in [-0.05, 0) is 0 Å². The van der Waals surface area contributed by atoms with Crippen molar-refractivity contribution in [3.05, 3.63) is 0 Å². The summed E-state index contributed by atoms with van der Waals surface area (Å²) in [4.78, 5) is 18.0. The summed E-state index contributed by atoms with van der Waals surface area (Å²) in [7, 11) is 0. The minimum Gasteiger partial charge on any atom is -0.481 e. The van der Waals surface area contributed by atoms with E-state index in [1.807, 2.05) is 0 Å². The lowest BCUT2D eigenvalue weighted by Gasteiger charge is -1.59. The third-order valence-corrected chi connectivity index (χ3v) is 0. The Kier molecular flexibility index (Phi) is 110. The lowest BCUT2D eigenvalue weighted by Crippen LogP contribution is -1.78. The summed E-state index contributed by atoms with van der Waals surface area (Å²) in [6.07, 6.45) is 0. The van der Waals surface area contributed by atoms with Gasteiger partial charge in [0.05, 0.1) is 0 Å². The molecule has 0 aliphatic heterocycles. The molecule has 0 saturated heterocycles. The van der Waals surface area contributed by atoms with Crippen molar-refractivity contribution in [2.45, 2.75) is 13.8 Å². The van der Waals surface area contributed by atoms with Crippen molar-refractivity contribution in [2.75, 3.05) is 0 Å². The molecule has 0 bridgehead atoms. The number of aliphatic carboxylic acids is 2. The van der Waals surface area contributed by atoms with Crippen LogP contribution in [-0.4, -0.2) is 22.2 Å². The van der Waals surface area contributed by atoms with Gasteiger partial charge in [-0.3, -0.25) is 9.59 Å². The highest BCUT2D eigenvalue weighted by Gasteiger charge is 1.65. The summed E-state index contributed by atoms with van der Waals surface area (Å²) in [5.74, 6) is -1.67. The highest BCUT2D eigenvalue weighted by atomic mass is 35.5. The predicted octanol–water partition coefficient (Wildman–Crippen LogP) is 1.35. The molecule has 0 aromatic rings. The first-order valence-electron chi connectivity index (χ1n) is 1.86. The molecular weight excluding hydrogens is 211 g/mol. The molecular formula is C4H16Cl2N2O4. The summed E-state index contributed by atoms with van der Waals surface area (Å²) in [6.45, 7) is 2.17. The maximum Gasteiger partial charge on any atom is 0.300 e. The van der Waals surface area contributed by atoms with Gasteiger partial charge in [0.15, 0.2) is 0 Å². The van der Waals surface area contributed by atoms with Gasteiger partial charge in [0, 0.05) is 13.8 Å². The van der Waals surface area contributed by atoms with Gasteiger partial charge in [-0.2, -0.15) is 0 Å². The molecule has 0 aliphatic rings. The molecule has 0 unspecified atom stereocenters. The fourth-order valence-corrected chi connectivity index (χ4v) is 0. The molecule has 8 N–H and O–H groups in total. The molecule has 6 nitrogen and oxygen atoms in total. The third kappa shape index (κ3) is 2140. The normalized spacial score (nSPS) is 4.17. The van der Waals surface area contributed by atoms with Crippen LogP contribution in [0.2, 0.25) is 0 Å². The third-order valence-electron chi connectivity index (χ3n) is 0. The van der Waals surface area contributed by atoms with E-state index >= 15 is 0 Å². The Morgan fingerprint density at radius 1 is 0.833 bits per heavy atom. The smallest absolute Gasteiger partial charge is 0.300 e. The van der Waals surface area contributed by atoms with Crippen molar-refractivity contribution in [1.29, 1.82) is 0 Å². The van der Waals surface area contributed by atoms with Crippen molar-refractivity contribution in [3.8, 4) is 0 Å². The zero-order chi connectivity index (χ0) is 7.15. The monoisotopic (exact) mass is 226 g/mol. The molecule has 0 heterocycles. The second kappa shape index (κ2) is 31.4. The molecule has 0 aromatic heterocycles. The van der Waals surface area contributed by atoms with Crippen LogP contribution >= 0.6 is 24.8 Å². The number of halogens is 2. The van der Waals surface area contributed by atoms with Gasteiger partial charge in [0.1, 0.15) is 0 Å². The number of carboxylic acid groups (broad SMARTS) is 2. The van der Waals surface area contributed by atoms with Crippen molar-refractivity contribution in [3.63, 3.8) is 0 Å². The minimum absolute atomic E-state index is 0. The van der Waals surface area contributed by atoms with Crippen LogP contribution in [0.1, 0.15) is 13.8 Å². The summed E-state index contributed by atoms with van der Waals surface area (Å²) < 4.78 is 0. The molecule has 12 heavy (non-hydrogen) atoms. The summed E-state index contributed by atoms with van der Waals surface area (Å²) in [5, 5.41) is 14.8. The maximum atomic E-state index is 9.00. The van der Waals surface area contributed by atoms with Crippen molar-refractivity contribution in [2.24, 2.45) is 0 Å². The van der Waals surface area contributed by atoms with E-state index in [4.69, 9.17) is 19.8 Å². The van der Waals surface area contributed by atoms with Crippen LogP contribution in [0.3, 0.4) is 0 Å². The number of carbonyl (C=O) groups is 2. The van der Waals surface area contributed by atoms with Crippen molar-refractivity contribution < 1.29 is 19.8 Å². The summed E-state index contributed by atoms with van der Waals surface area (Å²) >= 11 is 0. The first-order chi connectivity index (χ1) is 3.46. The Morgan fingerprint density at radius 3 is 0.833 bits per heavy atom. The highest BCUT2D eigenvalue weighted by molar-refractivity contribution is 5.85. The fourth-order valence-electron chi connectivity index (χ4n) is 0. The molecule has 0 radical (unpaired) electrons. The van der Waals surface area contributed by atoms with E-state index in [-0.39, 0.29) is 37.1 Å². The minimum atomic E-state index is -0.833. The average Bonchev–Trinajstić information content (AvgIpc) is 1.25. The largest absolute Gasteiger partial charge is 0.481 e. The Labute approximate surface area is 83.3 Å². The first kappa shape index (κ1) is 42.1. The first-order valence-corrected chi connectivity index (χ1v) is 1.86. The second-order valence-electron chi connectivity index (χ2n) is 1.04. The average molecular weight is 227 g/mol. The van der Waals surface area contributed by atoms with Crippen LogP contribution in [0.15, 0.2) is 0 Å². The zero-order valence-electron chi connectivity index (χ0n) is 6.94. The summed E-state index contributed by atoms with van der Waals surface area (Å²) in [5.41, 5.74) is 0.